The van der Waals surface area contributed by atoms with Gasteiger partial charge in [-0.1, -0.05) is 6.92 Å². The summed E-state index contributed by atoms with van der Waals surface area (Å²) in [6.07, 6.45) is 0. The van der Waals surface area contributed by atoms with Crippen molar-refractivity contribution in [1.29, 1.82) is 0 Å². The zero-order valence-electron chi connectivity index (χ0n) is 11.3. The van der Waals surface area contributed by atoms with Crippen LogP contribution in [0.15, 0.2) is 0 Å². The van der Waals surface area contributed by atoms with E-state index in [-0.39, 0.29) is 11.7 Å². The van der Waals surface area contributed by atoms with Gasteiger partial charge < -0.3 is 20.5 Å². The fourth-order valence-electron chi connectivity index (χ4n) is 0.887. The second-order valence-electron chi connectivity index (χ2n) is 3.60. The second kappa shape index (κ2) is 11.2. The number of nitrogens with zero attached hydrogens (tertiary/aromatic N) is 1. The first-order chi connectivity index (χ1) is 8.26. The highest BCUT2D eigenvalue weighted by Gasteiger charge is 2.11. The van der Waals surface area contributed by atoms with Crippen LogP contribution < -0.4 is 5.73 Å². The molecule has 0 aliphatic heterocycles. The first-order valence-corrected chi connectivity index (χ1v) is 6.48. The summed E-state index contributed by atoms with van der Waals surface area (Å²) in [5.74, 6) is 0.0517. The average molecular weight is 294 g/mol. The van der Waals surface area contributed by atoms with Crippen LogP contribution in [0.2, 0.25) is 0 Å². The summed E-state index contributed by atoms with van der Waals surface area (Å²) in [5, 5.41) is 7.55. The van der Waals surface area contributed by atoms with Crippen LogP contribution in [0.25, 0.3) is 0 Å². The zero-order chi connectivity index (χ0) is 14.7. The summed E-state index contributed by atoms with van der Waals surface area (Å²) < 4.78 is 5.35. The molecule has 5 nitrogen and oxygen atoms in total. The lowest BCUT2D eigenvalue weighted by Gasteiger charge is -2.22. The average Bonchev–Trinajstić information content (AvgIpc) is 2.26. The van der Waals surface area contributed by atoms with Crippen LogP contribution in [-0.2, 0) is 9.53 Å². The minimum atomic E-state index is -0.500. The fourth-order valence-corrected chi connectivity index (χ4v) is 1.21. The Morgan fingerprint density at radius 2 is 1.78 bits per heavy atom. The van der Waals surface area contributed by atoms with Crippen LogP contribution in [0, 0.1) is 5.92 Å². The molecule has 0 aliphatic rings. The SMILES string of the molecule is CCN(CC)C(=S)OCC(C)C(C)=O.NC(O)=S. The molecule has 0 bridgehead atoms. The number of aliphatic hydroxyl groups excluding tert-OH is 1. The normalized spacial score (nSPS) is 10.7. The summed E-state index contributed by atoms with van der Waals surface area (Å²) in [4.78, 5) is 12.9. The standard InChI is InChI=1S/C10H19NO2S.CH3NOS/c1-5-11(6-2)10(14)13-7-8(3)9(4)12;2-1(3)4/h8H,5-7H2,1-4H3;(H3,2,3,4). The summed E-state index contributed by atoms with van der Waals surface area (Å²) >= 11 is 8.94. The molecule has 3 N–H and O–H groups in total. The highest BCUT2D eigenvalue weighted by molar-refractivity contribution is 7.80. The molecule has 0 aromatic carbocycles. The Morgan fingerprint density at radius 3 is 2.06 bits per heavy atom. The highest BCUT2D eigenvalue weighted by atomic mass is 32.1. The third-order valence-corrected chi connectivity index (χ3v) is 2.55. The lowest BCUT2D eigenvalue weighted by atomic mass is 10.1. The van der Waals surface area contributed by atoms with E-state index >= 15 is 0 Å². The molecule has 1 atom stereocenters. The topological polar surface area (TPSA) is 75.8 Å². The van der Waals surface area contributed by atoms with Gasteiger partial charge in [0.05, 0.1) is 0 Å². The quantitative estimate of drug-likeness (QED) is 0.747. The predicted molar refractivity (Wildman–Crippen MR) is 80.7 cm³/mol. The molecule has 0 aromatic heterocycles. The van der Waals surface area contributed by atoms with Gasteiger partial charge in [0.2, 0.25) is 0 Å². The maximum Gasteiger partial charge on any atom is 0.259 e. The molecule has 18 heavy (non-hydrogen) atoms. The van der Waals surface area contributed by atoms with Crippen LogP contribution in [0.5, 0.6) is 0 Å². The lowest BCUT2D eigenvalue weighted by molar-refractivity contribution is -0.121. The first-order valence-electron chi connectivity index (χ1n) is 5.66. The minimum absolute atomic E-state index is 0.0801. The number of carbonyl (C=O) groups is 1. The Morgan fingerprint density at radius 1 is 1.39 bits per heavy atom. The van der Waals surface area contributed by atoms with Crippen molar-refractivity contribution in [2.24, 2.45) is 11.7 Å². The fraction of sp³-hybridized carbons (Fsp3) is 0.727. The van der Waals surface area contributed by atoms with E-state index in [1.54, 1.807) is 6.92 Å². The maximum absolute atomic E-state index is 10.9. The molecule has 0 aromatic rings. The van der Waals surface area contributed by atoms with Crippen molar-refractivity contribution >= 4 is 40.6 Å². The first kappa shape index (κ1) is 19.4. The zero-order valence-corrected chi connectivity index (χ0v) is 12.9. The number of rotatable bonds is 5. The van der Waals surface area contributed by atoms with Gasteiger partial charge in [-0.2, -0.15) is 0 Å². The minimum Gasteiger partial charge on any atom is -0.487 e. The molecule has 0 heterocycles. The molecule has 7 heteroatoms. The molecule has 106 valence electrons. The van der Waals surface area contributed by atoms with Gasteiger partial charge in [0.25, 0.3) is 10.3 Å². The van der Waals surface area contributed by atoms with Crippen LogP contribution in [-0.4, -0.2) is 45.8 Å². The van der Waals surface area contributed by atoms with Crippen LogP contribution >= 0.6 is 24.4 Å². The Hall–Kier alpha value is -0.950. The number of ether oxygens (including phenoxy) is 1. The predicted octanol–water partition coefficient (Wildman–Crippen LogP) is 1.64. The number of carbonyl (C=O) groups excluding carboxylic acids is 1. The van der Waals surface area contributed by atoms with E-state index in [1.165, 1.54) is 0 Å². The van der Waals surface area contributed by atoms with Crippen LogP contribution in [0.3, 0.4) is 0 Å². The maximum atomic E-state index is 10.9. The Labute approximate surface area is 119 Å². The monoisotopic (exact) mass is 294 g/mol. The van der Waals surface area contributed by atoms with Crippen molar-refractivity contribution in [2.75, 3.05) is 19.7 Å². The lowest BCUT2D eigenvalue weighted by Crippen LogP contribution is -2.32. The smallest absolute Gasteiger partial charge is 0.259 e. The second-order valence-corrected chi connectivity index (χ2v) is 4.37. The molecule has 0 aliphatic carbocycles. The molecule has 0 saturated carbocycles. The van der Waals surface area contributed by atoms with Gasteiger partial charge in [0.1, 0.15) is 12.4 Å². The number of Topliss-reactive ketones (excluding diaryl/α,β-unsaturated/α-hetero) is 1. The molecule has 0 radical (unpaired) electrons. The summed E-state index contributed by atoms with van der Waals surface area (Å²) in [7, 11) is 0. The van der Waals surface area contributed by atoms with Crippen molar-refractivity contribution in [3.05, 3.63) is 0 Å². The molecular weight excluding hydrogens is 272 g/mol. The van der Waals surface area contributed by atoms with Crippen molar-refractivity contribution < 1.29 is 14.6 Å². The Bertz CT molecular complexity index is 277. The van der Waals surface area contributed by atoms with E-state index in [1.807, 2.05) is 25.7 Å². The molecule has 0 amide bonds. The number of ketones is 1. The van der Waals surface area contributed by atoms with Gasteiger partial charge >= 0.3 is 0 Å². The number of aliphatic hydroxyl groups is 1. The molecule has 1 unspecified atom stereocenters. The Balaban J connectivity index is 0. The van der Waals surface area contributed by atoms with Crippen molar-refractivity contribution in [1.82, 2.24) is 4.90 Å². The summed E-state index contributed by atoms with van der Waals surface area (Å²) in [6.45, 7) is 9.50. The van der Waals surface area contributed by atoms with Crippen molar-refractivity contribution in [3.63, 3.8) is 0 Å². The number of thiocarbonyl (C=S) groups is 2. The van der Waals surface area contributed by atoms with Gasteiger partial charge in [-0.05, 0) is 45.2 Å². The van der Waals surface area contributed by atoms with Crippen LogP contribution in [0.1, 0.15) is 27.7 Å². The van der Waals surface area contributed by atoms with E-state index in [9.17, 15) is 4.79 Å². The van der Waals surface area contributed by atoms with Gasteiger partial charge in [-0.15, -0.1) is 0 Å². The summed E-state index contributed by atoms with van der Waals surface area (Å²) in [5.41, 5.74) is 4.40. The van der Waals surface area contributed by atoms with Gasteiger partial charge in [0, 0.05) is 19.0 Å². The number of nitrogens with two attached hydrogens (primary N) is 1. The Kier molecular flexibility index (Phi) is 12.0. The number of hydrogen-bond donors (Lipinski definition) is 2. The van der Waals surface area contributed by atoms with E-state index in [2.05, 4.69) is 18.0 Å². The largest absolute Gasteiger partial charge is 0.487 e. The van der Waals surface area contributed by atoms with E-state index in [0.717, 1.165) is 13.1 Å². The van der Waals surface area contributed by atoms with Crippen molar-refractivity contribution in [3.8, 4) is 0 Å². The van der Waals surface area contributed by atoms with Gasteiger partial charge in [0.15, 0.2) is 0 Å². The highest BCUT2D eigenvalue weighted by Crippen LogP contribution is 2.01. The third kappa shape index (κ3) is 11.5. The third-order valence-electron chi connectivity index (χ3n) is 2.17. The molecule has 0 spiro atoms. The number of hydrogen-bond acceptors (Lipinski definition) is 4. The van der Waals surface area contributed by atoms with Gasteiger partial charge in [-0.3, -0.25) is 4.79 Å². The molecular formula is C11H22N2O3S2. The molecule has 0 fully saturated rings. The van der Waals surface area contributed by atoms with E-state index in [0.29, 0.717) is 11.8 Å². The van der Waals surface area contributed by atoms with Crippen LogP contribution in [0.4, 0.5) is 0 Å². The van der Waals surface area contributed by atoms with Gasteiger partial charge in [-0.25, -0.2) is 0 Å². The van der Waals surface area contributed by atoms with E-state index < -0.39 is 5.17 Å². The molecule has 0 saturated heterocycles. The van der Waals surface area contributed by atoms with E-state index in [4.69, 9.17) is 22.1 Å². The summed E-state index contributed by atoms with van der Waals surface area (Å²) in [6, 6.07) is 0. The van der Waals surface area contributed by atoms with Crippen molar-refractivity contribution in [2.45, 2.75) is 27.7 Å². The molecule has 0 rings (SSSR count).